The summed E-state index contributed by atoms with van der Waals surface area (Å²) in [4.78, 5) is 30.3. The summed E-state index contributed by atoms with van der Waals surface area (Å²) >= 11 is 0. The Morgan fingerprint density at radius 3 is 2.62 bits per heavy atom. The maximum Gasteiger partial charge on any atom is 0.322 e. The molecule has 1 heterocycles. The van der Waals surface area contributed by atoms with E-state index in [-0.39, 0.29) is 18.4 Å². The lowest BCUT2D eigenvalue weighted by Gasteiger charge is -2.24. The van der Waals surface area contributed by atoms with Gasteiger partial charge in [0.15, 0.2) is 0 Å². The first-order chi connectivity index (χ1) is 12.5. The molecule has 0 bridgehead atoms. The quantitative estimate of drug-likeness (QED) is 0.802. The number of carbonyl (C=O) groups excluding carboxylic acids is 2. The van der Waals surface area contributed by atoms with E-state index in [1.54, 1.807) is 18.1 Å². The van der Waals surface area contributed by atoms with E-state index in [0.717, 1.165) is 11.3 Å². The summed E-state index contributed by atoms with van der Waals surface area (Å²) in [7, 11) is 1.61. The highest BCUT2D eigenvalue weighted by atomic mass is 16.2. The number of anilines is 1. The van der Waals surface area contributed by atoms with Gasteiger partial charge < -0.3 is 15.5 Å². The molecule has 26 heavy (non-hydrogen) atoms. The molecule has 0 fully saturated rings. The number of nitrogens with zero attached hydrogens (tertiary/aromatic N) is 2. The summed E-state index contributed by atoms with van der Waals surface area (Å²) in [6, 6.07) is 12.8. The molecular weight excluding hydrogens is 328 g/mol. The van der Waals surface area contributed by atoms with Crippen LogP contribution in [0.2, 0.25) is 0 Å². The van der Waals surface area contributed by atoms with Crippen LogP contribution >= 0.6 is 0 Å². The highest BCUT2D eigenvalue weighted by molar-refractivity contribution is 5.89. The second-order valence-corrected chi connectivity index (χ2v) is 6.58. The van der Waals surface area contributed by atoms with E-state index in [2.05, 4.69) is 29.5 Å². The van der Waals surface area contributed by atoms with Crippen LogP contribution in [-0.2, 0) is 17.8 Å². The van der Waals surface area contributed by atoms with Crippen LogP contribution in [0.4, 0.5) is 10.5 Å². The molecule has 0 saturated carbocycles. The average molecular weight is 354 g/mol. The Bertz CT molecular complexity index is 732. The standard InChI is InChI=1S/C20H26N4O2/c1-15(2)13-24(14-18-8-4-5-10-22-18)20(26)23-17-9-6-7-16(11-17)12-19(25)21-3/h4-11,15H,12-14H2,1-3H3,(H,21,25)(H,23,26). The molecular formula is C20H26N4O2. The van der Waals surface area contributed by atoms with Crippen molar-refractivity contribution < 1.29 is 9.59 Å². The summed E-state index contributed by atoms with van der Waals surface area (Å²) in [5.74, 6) is 0.272. The van der Waals surface area contributed by atoms with Gasteiger partial charge in [-0.25, -0.2) is 4.79 Å². The van der Waals surface area contributed by atoms with Crippen molar-refractivity contribution in [1.29, 1.82) is 0 Å². The molecule has 2 N–H and O–H groups in total. The first kappa shape index (κ1) is 19.4. The van der Waals surface area contributed by atoms with Crippen molar-refractivity contribution in [3.05, 3.63) is 59.9 Å². The predicted octanol–water partition coefficient (Wildman–Crippen LogP) is 3.06. The lowest BCUT2D eigenvalue weighted by atomic mass is 10.1. The van der Waals surface area contributed by atoms with Crippen LogP contribution in [0, 0.1) is 5.92 Å². The fourth-order valence-electron chi connectivity index (χ4n) is 2.58. The molecule has 1 aromatic carbocycles. The smallest absolute Gasteiger partial charge is 0.322 e. The average Bonchev–Trinajstić information content (AvgIpc) is 2.62. The fraction of sp³-hybridized carbons (Fsp3) is 0.350. The van der Waals surface area contributed by atoms with Crippen molar-refractivity contribution in [2.45, 2.75) is 26.8 Å². The fourth-order valence-corrected chi connectivity index (χ4v) is 2.58. The normalized spacial score (nSPS) is 10.5. The Morgan fingerprint density at radius 1 is 1.15 bits per heavy atom. The number of nitrogens with one attached hydrogen (secondary N) is 2. The van der Waals surface area contributed by atoms with Crippen molar-refractivity contribution >= 4 is 17.6 Å². The van der Waals surface area contributed by atoms with Crippen LogP contribution in [0.5, 0.6) is 0 Å². The third-order valence-corrected chi connectivity index (χ3v) is 3.77. The van der Waals surface area contributed by atoms with Crippen LogP contribution in [-0.4, -0.2) is 35.4 Å². The Labute approximate surface area is 154 Å². The topological polar surface area (TPSA) is 74.3 Å². The molecule has 0 radical (unpaired) electrons. The monoisotopic (exact) mass is 354 g/mol. The molecule has 0 atom stereocenters. The van der Waals surface area contributed by atoms with Crippen molar-refractivity contribution in [3.8, 4) is 0 Å². The number of hydrogen-bond donors (Lipinski definition) is 2. The van der Waals surface area contributed by atoms with Crippen LogP contribution in [0.15, 0.2) is 48.7 Å². The minimum atomic E-state index is -0.179. The van der Waals surface area contributed by atoms with E-state index in [9.17, 15) is 9.59 Å². The van der Waals surface area contributed by atoms with Crippen molar-refractivity contribution in [2.75, 3.05) is 18.9 Å². The predicted molar refractivity (Wildman–Crippen MR) is 103 cm³/mol. The van der Waals surface area contributed by atoms with E-state index >= 15 is 0 Å². The highest BCUT2D eigenvalue weighted by Crippen LogP contribution is 2.14. The van der Waals surface area contributed by atoms with Gasteiger partial charge >= 0.3 is 6.03 Å². The summed E-state index contributed by atoms with van der Waals surface area (Å²) in [5, 5.41) is 5.53. The summed E-state index contributed by atoms with van der Waals surface area (Å²) in [6.45, 7) is 5.22. The first-order valence-corrected chi connectivity index (χ1v) is 8.73. The van der Waals surface area contributed by atoms with Crippen molar-refractivity contribution in [3.63, 3.8) is 0 Å². The van der Waals surface area contributed by atoms with Gasteiger partial charge in [-0.05, 0) is 35.7 Å². The number of carbonyl (C=O) groups is 2. The molecule has 6 nitrogen and oxygen atoms in total. The first-order valence-electron chi connectivity index (χ1n) is 8.73. The SMILES string of the molecule is CNC(=O)Cc1cccc(NC(=O)N(Cc2ccccn2)CC(C)C)c1. The highest BCUT2D eigenvalue weighted by Gasteiger charge is 2.16. The van der Waals surface area contributed by atoms with Crippen LogP contribution in [0.1, 0.15) is 25.1 Å². The molecule has 0 aliphatic rings. The van der Waals surface area contributed by atoms with Gasteiger partial charge in [-0.15, -0.1) is 0 Å². The third kappa shape index (κ3) is 6.20. The summed E-state index contributed by atoms with van der Waals surface area (Å²) in [5.41, 5.74) is 2.37. The van der Waals surface area contributed by atoms with E-state index in [4.69, 9.17) is 0 Å². The number of hydrogen-bond acceptors (Lipinski definition) is 3. The van der Waals surface area contributed by atoms with E-state index < -0.39 is 0 Å². The Kier molecular flexibility index (Phi) is 7.14. The van der Waals surface area contributed by atoms with Gasteiger partial charge in [0.05, 0.1) is 18.7 Å². The second-order valence-electron chi connectivity index (χ2n) is 6.58. The maximum atomic E-state index is 12.7. The van der Waals surface area contributed by atoms with Crippen molar-refractivity contribution in [2.24, 2.45) is 5.92 Å². The number of pyridine rings is 1. The molecule has 138 valence electrons. The van der Waals surface area contributed by atoms with Crippen LogP contribution in [0.3, 0.4) is 0 Å². The number of rotatable bonds is 7. The third-order valence-electron chi connectivity index (χ3n) is 3.77. The number of urea groups is 1. The van der Waals surface area contributed by atoms with Gasteiger partial charge in [0.25, 0.3) is 0 Å². The minimum Gasteiger partial charge on any atom is -0.359 e. The zero-order chi connectivity index (χ0) is 18.9. The zero-order valence-electron chi connectivity index (χ0n) is 15.5. The van der Waals surface area contributed by atoms with Gasteiger partial charge in [-0.1, -0.05) is 32.0 Å². The second kappa shape index (κ2) is 9.56. The lowest BCUT2D eigenvalue weighted by Crippen LogP contribution is -2.37. The Balaban J connectivity index is 2.08. The summed E-state index contributed by atoms with van der Waals surface area (Å²) < 4.78 is 0. The molecule has 3 amide bonds. The number of aromatic nitrogens is 1. The van der Waals surface area contributed by atoms with Gasteiger partial charge in [-0.3, -0.25) is 9.78 Å². The molecule has 2 aromatic rings. The molecule has 1 aromatic heterocycles. The maximum absolute atomic E-state index is 12.7. The lowest BCUT2D eigenvalue weighted by molar-refractivity contribution is -0.119. The molecule has 0 aliphatic heterocycles. The molecule has 0 unspecified atom stereocenters. The van der Waals surface area contributed by atoms with E-state index in [1.807, 2.05) is 42.5 Å². The van der Waals surface area contributed by atoms with Crippen molar-refractivity contribution in [1.82, 2.24) is 15.2 Å². The number of likely N-dealkylation sites (N-methyl/N-ethyl adjacent to an activating group) is 1. The van der Waals surface area contributed by atoms with Gasteiger partial charge in [0.2, 0.25) is 5.91 Å². The van der Waals surface area contributed by atoms with Gasteiger partial charge in [0, 0.05) is 25.5 Å². The molecule has 6 heteroatoms. The van der Waals surface area contributed by atoms with Gasteiger partial charge in [-0.2, -0.15) is 0 Å². The zero-order valence-corrected chi connectivity index (χ0v) is 15.5. The van der Waals surface area contributed by atoms with Gasteiger partial charge in [0.1, 0.15) is 0 Å². The largest absolute Gasteiger partial charge is 0.359 e. The minimum absolute atomic E-state index is 0.0648. The molecule has 0 aliphatic carbocycles. The molecule has 0 saturated heterocycles. The summed E-state index contributed by atoms with van der Waals surface area (Å²) in [6.07, 6.45) is 2.01. The van der Waals surface area contributed by atoms with E-state index in [0.29, 0.717) is 24.7 Å². The van der Waals surface area contributed by atoms with Crippen LogP contribution < -0.4 is 10.6 Å². The number of amides is 3. The molecule has 0 spiro atoms. The van der Waals surface area contributed by atoms with Crippen LogP contribution in [0.25, 0.3) is 0 Å². The van der Waals surface area contributed by atoms with E-state index in [1.165, 1.54) is 0 Å². The Hall–Kier alpha value is -2.89. The molecule has 2 rings (SSSR count). The number of benzene rings is 1. The Morgan fingerprint density at radius 2 is 1.96 bits per heavy atom.